The van der Waals surface area contributed by atoms with Crippen molar-refractivity contribution in [3.05, 3.63) is 6.58 Å². The Morgan fingerprint density at radius 3 is 2.00 bits per heavy atom. The van der Waals surface area contributed by atoms with Gasteiger partial charge >= 0.3 is 0 Å². The molecule has 0 aliphatic heterocycles. The summed E-state index contributed by atoms with van der Waals surface area (Å²) in [5, 5.41) is 12.7. The van der Waals surface area contributed by atoms with Gasteiger partial charge in [0.15, 0.2) is 0 Å². The third kappa shape index (κ3) is 9.23. The zero-order valence-corrected chi connectivity index (χ0v) is 3.14. The Labute approximate surface area is 35.4 Å². The normalized spacial score (nSPS) is 3.33. The Kier molecular flexibility index (Phi) is 58.4. The molecule has 0 aliphatic rings. The monoisotopic (exact) mass is 87.0 g/mol. The molecule has 0 rings (SSSR count). The first-order valence-corrected chi connectivity index (χ1v) is 1.10. The lowest BCUT2D eigenvalue weighted by atomic mass is 11.2. The number of carboxylic acid groups (broad SMARTS) is 1. The molecule has 6 heavy (non-hydrogen) atoms. The SMILES string of the molecule is C=C=N.O=CO. The van der Waals surface area contributed by atoms with Crippen molar-refractivity contribution in [3.8, 4) is 0 Å². The molecule has 0 fully saturated rings. The van der Waals surface area contributed by atoms with Crippen molar-refractivity contribution in [2.45, 2.75) is 0 Å². The molecule has 0 aromatic rings. The summed E-state index contributed by atoms with van der Waals surface area (Å²) in [5.41, 5.74) is 0. The Morgan fingerprint density at radius 1 is 2.00 bits per heavy atom. The molecule has 0 saturated carbocycles. The molecule has 0 unspecified atom stereocenters. The molecule has 0 atom stereocenters. The summed E-state index contributed by atoms with van der Waals surface area (Å²) in [6, 6.07) is 0. The van der Waals surface area contributed by atoms with E-state index in [1.54, 1.807) is 5.87 Å². The fraction of sp³-hybridized carbons (Fsp3) is 0. The van der Waals surface area contributed by atoms with Gasteiger partial charge in [-0.2, -0.15) is 0 Å². The largest absolute Gasteiger partial charge is 0.483 e. The number of hydrogen-bond donors (Lipinski definition) is 2. The minimum atomic E-state index is -0.250. The van der Waals surface area contributed by atoms with Crippen molar-refractivity contribution in [3.63, 3.8) is 0 Å². The topological polar surface area (TPSA) is 61.2 Å². The van der Waals surface area contributed by atoms with E-state index >= 15 is 0 Å². The van der Waals surface area contributed by atoms with Crippen LogP contribution in [0.2, 0.25) is 0 Å². The Hall–Kier alpha value is -1.08. The highest BCUT2D eigenvalue weighted by atomic mass is 16.3. The van der Waals surface area contributed by atoms with Crippen molar-refractivity contribution < 1.29 is 9.90 Å². The van der Waals surface area contributed by atoms with Crippen molar-refractivity contribution in [2.75, 3.05) is 0 Å². The summed E-state index contributed by atoms with van der Waals surface area (Å²) in [6.45, 7) is 2.65. The van der Waals surface area contributed by atoms with Gasteiger partial charge in [0.05, 0.1) is 0 Å². The number of hydrogen-bond acceptors (Lipinski definition) is 2. The predicted molar refractivity (Wildman–Crippen MR) is 22.0 cm³/mol. The highest BCUT2D eigenvalue weighted by molar-refractivity contribution is 5.41. The van der Waals surface area contributed by atoms with E-state index in [4.69, 9.17) is 15.3 Å². The molecular formula is C3H5NO2. The molecule has 0 bridgehead atoms. The van der Waals surface area contributed by atoms with Crippen molar-refractivity contribution in [1.29, 1.82) is 5.41 Å². The fourth-order valence-electron chi connectivity index (χ4n) is 0. The van der Waals surface area contributed by atoms with E-state index in [0.717, 1.165) is 0 Å². The van der Waals surface area contributed by atoms with Gasteiger partial charge in [0.25, 0.3) is 6.47 Å². The Bertz CT molecular complexity index is 53.8. The van der Waals surface area contributed by atoms with Crippen LogP contribution in [0.5, 0.6) is 0 Å². The Balaban J connectivity index is 0. The van der Waals surface area contributed by atoms with Crippen molar-refractivity contribution >= 4 is 12.3 Å². The summed E-state index contributed by atoms with van der Waals surface area (Å²) in [5.74, 6) is 1.75. The Morgan fingerprint density at radius 2 is 2.00 bits per heavy atom. The quantitative estimate of drug-likeness (QED) is 0.325. The summed E-state index contributed by atoms with van der Waals surface area (Å²) >= 11 is 0. The maximum atomic E-state index is 8.36. The molecular weight excluding hydrogens is 82.0 g/mol. The second-order valence-corrected chi connectivity index (χ2v) is 0.282. The third-order valence-electron chi connectivity index (χ3n) is 0. The number of nitrogens with one attached hydrogen (secondary N) is 1. The molecule has 0 spiro atoms. The van der Waals surface area contributed by atoms with Crippen LogP contribution < -0.4 is 0 Å². The molecule has 3 heteroatoms. The van der Waals surface area contributed by atoms with E-state index in [1.165, 1.54) is 0 Å². The first-order valence-electron chi connectivity index (χ1n) is 1.10. The minimum Gasteiger partial charge on any atom is -0.483 e. The highest BCUT2D eigenvalue weighted by Gasteiger charge is 1.22. The summed E-state index contributed by atoms with van der Waals surface area (Å²) in [4.78, 5) is 8.36. The van der Waals surface area contributed by atoms with Crippen molar-refractivity contribution in [2.24, 2.45) is 0 Å². The van der Waals surface area contributed by atoms with Gasteiger partial charge in [-0.05, 0) is 12.4 Å². The molecule has 0 saturated heterocycles. The van der Waals surface area contributed by atoms with Gasteiger partial charge in [0, 0.05) is 0 Å². The van der Waals surface area contributed by atoms with E-state index in [0.29, 0.717) is 0 Å². The van der Waals surface area contributed by atoms with E-state index in [9.17, 15) is 0 Å². The second-order valence-electron chi connectivity index (χ2n) is 0.282. The van der Waals surface area contributed by atoms with Crippen LogP contribution in [0.4, 0.5) is 0 Å². The zero-order valence-electron chi connectivity index (χ0n) is 3.14. The van der Waals surface area contributed by atoms with Crippen LogP contribution in [0.1, 0.15) is 0 Å². The van der Waals surface area contributed by atoms with Crippen LogP contribution in [0.3, 0.4) is 0 Å². The average molecular weight is 87.1 g/mol. The molecule has 0 amide bonds. The molecule has 34 valence electrons. The van der Waals surface area contributed by atoms with Crippen LogP contribution in [0.25, 0.3) is 0 Å². The molecule has 2 N–H and O–H groups in total. The first kappa shape index (κ1) is 8.87. The molecule has 0 heterocycles. The smallest absolute Gasteiger partial charge is 0.290 e. The maximum absolute atomic E-state index is 8.36. The predicted octanol–water partition coefficient (Wildman–Crippen LogP) is 0.122. The first-order chi connectivity index (χ1) is 2.83. The van der Waals surface area contributed by atoms with Crippen LogP contribution in [0.15, 0.2) is 6.58 Å². The van der Waals surface area contributed by atoms with Crippen LogP contribution in [0, 0.1) is 5.41 Å². The number of rotatable bonds is 0. The van der Waals surface area contributed by atoms with Gasteiger partial charge in [0.2, 0.25) is 0 Å². The fourth-order valence-corrected chi connectivity index (χ4v) is 0. The number of carbonyl (C=O) groups is 1. The lowest BCUT2D eigenvalue weighted by Crippen LogP contribution is -1.49. The highest BCUT2D eigenvalue weighted by Crippen LogP contribution is 0.967. The minimum absolute atomic E-state index is 0.250. The van der Waals surface area contributed by atoms with Crippen molar-refractivity contribution in [1.82, 2.24) is 0 Å². The molecule has 0 radical (unpaired) electrons. The summed E-state index contributed by atoms with van der Waals surface area (Å²) < 4.78 is 0. The molecule has 0 aliphatic carbocycles. The standard InChI is InChI=1S/C2H3N.CH2O2/c1-2-3;2-1-3/h3H,1H2;1H,(H,2,3). The van der Waals surface area contributed by atoms with Crippen LogP contribution in [-0.4, -0.2) is 17.4 Å². The molecule has 3 nitrogen and oxygen atoms in total. The molecule has 0 aromatic heterocycles. The van der Waals surface area contributed by atoms with Gasteiger partial charge in [-0.25, -0.2) is 0 Å². The van der Waals surface area contributed by atoms with Crippen LogP contribution >= 0.6 is 0 Å². The van der Waals surface area contributed by atoms with Gasteiger partial charge < -0.3 is 5.11 Å². The van der Waals surface area contributed by atoms with Gasteiger partial charge in [-0.3, -0.25) is 10.2 Å². The lowest BCUT2D eigenvalue weighted by Gasteiger charge is -1.34. The average Bonchev–Trinajstić information content (AvgIpc) is 1.39. The van der Waals surface area contributed by atoms with Gasteiger partial charge in [0.1, 0.15) is 0 Å². The van der Waals surface area contributed by atoms with Gasteiger partial charge in [-0.1, -0.05) is 0 Å². The summed E-state index contributed by atoms with van der Waals surface area (Å²) in [6.07, 6.45) is 0. The van der Waals surface area contributed by atoms with E-state index in [1.807, 2.05) is 0 Å². The van der Waals surface area contributed by atoms with E-state index in [2.05, 4.69) is 6.58 Å². The van der Waals surface area contributed by atoms with Gasteiger partial charge in [-0.15, -0.1) is 0 Å². The maximum Gasteiger partial charge on any atom is 0.290 e. The lowest BCUT2D eigenvalue weighted by molar-refractivity contribution is -0.122. The van der Waals surface area contributed by atoms with Crippen LogP contribution in [-0.2, 0) is 4.79 Å². The third-order valence-corrected chi connectivity index (χ3v) is 0. The zero-order chi connectivity index (χ0) is 5.41. The van der Waals surface area contributed by atoms with E-state index in [-0.39, 0.29) is 6.47 Å². The van der Waals surface area contributed by atoms with E-state index < -0.39 is 0 Å². The summed E-state index contributed by atoms with van der Waals surface area (Å²) in [7, 11) is 0. The second kappa shape index (κ2) is 39.5. The molecule has 0 aromatic carbocycles.